The monoisotopic (exact) mass is 335 g/mol. The Morgan fingerprint density at radius 3 is 2.36 bits per heavy atom. The van der Waals surface area contributed by atoms with Crippen LogP contribution in [0.3, 0.4) is 0 Å². The summed E-state index contributed by atoms with van der Waals surface area (Å²) < 4.78 is 4.66. The Hall–Kier alpha value is -2.88. The first-order valence-electron chi connectivity index (χ1n) is 8.33. The van der Waals surface area contributed by atoms with Gasteiger partial charge in [-0.3, -0.25) is 4.79 Å². The molecule has 25 heavy (non-hydrogen) atoms. The third-order valence-corrected chi connectivity index (χ3v) is 4.60. The molecule has 1 amide bonds. The number of methoxy groups -OCH3 is 1. The highest BCUT2D eigenvalue weighted by Gasteiger charge is 2.43. The molecule has 1 saturated carbocycles. The van der Waals surface area contributed by atoms with E-state index in [9.17, 15) is 9.59 Å². The van der Waals surface area contributed by atoms with Crippen LogP contribution in [0.25, 0.3) is 6.08 Å². The van der Waals surface area contributed by atoms with Gasteiger partial charge in [-0.2, -0.15) is 0 Å². The van der Waals surface area contributed by atoms with Crippen LogP contribution in [0.15, 0.2) is 60.7 Å². The number of ether oxygens (including phenoxy) is 1. The van der Waals surface area contributed by atoms with Gasteiger partial charge >= 0.3 is 5.97 Å². The fraction of sp³-hybridized carbons (Fsp3) is 0.238. The van der Waals surface area contributed by atoms with Crippen LogP contribution in [0.4, 0.5) is 0 Å². The molecule has 0 spiro atoms. The van der Waals surface area contributed by atoms with E-state index in [1.54, 1.807) is 30.3 Å². The first-order valence-corrected chi connectivity index (χ1v) is 8.33. The number of carbonyl (C=O) groups is 2. The van der Waals surface area contributed by atoms with E-state index in [4.69, 9.17) is 0 Å². The van der Waals surface area contributed by atoms with Crippen molar-refractivity contribution in [1.29, 1.82) is 0 Å². The molecule has 0 unspecified atom stereocenters. The van der Waals surface area contributed by atoms with E-state index in [0.717, 1.165) is 18.4 Å². The number of esters is 1. The number of hydrogen-bond donors (Lipinski definition) is 1. The molecule has 0 bridgehead atoms. The Bertz CT molecular complexity index is 775. The second kappa shape index (κ2) is 7.34. The molecular formula is C21H21NO3. The first kappa shape index (κ1) is 17.0. The fourth-order valence-corrected chi connectivity index (χ4v) is 2.85. The quantitative estimate of drug-likeness (QED) is 0.651. The minimum atomic E-state index is -0.371. The smallest absolute Gasteiger partial charge is 0.337 e. The van der Waals surface area contributed by atoms with Crippen LogP contribution in [0.5, 0.6) is 0 Å². The number of rotatable bonds is 6. The van der Waals surface area contributed by atoms with Crippen molar-refractivity contribution in [2.24, 2.45) is 0 Å². The third kappa shape index (κ3) is 4.15. The first-order chi connectivity index (χ1) is 12.1. The van der Waals surface area contributed by atoms with Crippen LogP contribution in [0.1, 0.15) is 34.3 Å². The molecule has 0 aromatic heterocycles. The van der Waals surface area contributed by atoms with E-state index in [-0.39, 0.29) is 17.3 Å². The van der Waals surface area contributed by atoms with Crippen LogP contribution in [0.2, 0.25) is 0 Å². The molecule has 1 N–H and O–H groups in total. The third-order valence-electron chi connectivity index (χ3n) is 4.60. The largest absolute Gasteiger partial charge is 0.465 e. The molecule has 3 rings (SSSR count). The molecule has 1 aliphatic rings. The van der Waals surface area contributed by atoms with Gasteiger partial charge in [0.1, 0.15) is 0 Å². The molecule has 128 valence electrons. The normalized spacial score (nSPS) is 14.9. The Labute approximate surface area is 147 Å². The van der Waals surface area contributed by atoms with Gasteiger partial charge in [-0.1, -0.05) is 42.5 Å². The molecule has 0 aliphatic heterocycles. The lowest BCUT2D eigenvalue weighted by atomic mass is 9.96. The van der Waals surface area contributed by atoms with E-state index in [1.165, 1.54) is 18.7 Å². The van der Waals surface area contributed by atoms with E-state index >= 15 is 0 Å². The molecule has 2 aromatic rings. The topological polar surface area (TPSA) is 55.4 Å². The number of nitrogens with one attached hydrogen (secondary N) is 1. The van der Waals surface area contributed by atoms with Crippen molar-refractivity contribution < 1.29 is 14.3 Å². The molecule has 4 heteroatoms. The van der Waals surface area contributed by atoms with Crippen molar-refractivity contribution in [3.63, 3.8) is 0 Å². The van der Waals surface area contributed by atoms with Gasteiger partial charge in [0, 0.05) is 18.0 Å². The molecule has 0 radical (unpaired) electrons. The zero-order valence-corrected chi connectivity index (χ0v) is 14.2. The summed E-state index contributed by atoms with van der Waals surface area (Å²) in [5, 5.41) is 2.99. The maximum Gasteiger partial charge on any atom is 0.337 e. The fourth-order valence-electron chi connectivity index (χ4n) is 2.85. The summed E-state index contributed by atoms with van der Waals surface area (Å²) in [7, 11) is 1.35. The minimum absolute atomic E-state index is 0.104. The summed E-state index contributed by atoms with van der Waals surface area (Å²) >= 11 is 0. The van der Waals surface area contributed by atoms with E-state index in [1.807, 2.05) is 18.2 Å². The molecular weight excluding hydrogens is 314 g/mol. The summed E-state index contributed by atoms with van der Waals surface area (Å²) in [5.41, 5.74) is 2.74. The molecule has 0 atom stereocenters. The predicted molar refractivity (Wildman–Crippen MR) is 97.2 cm³/mol. The average molecular weight is 335 g/mol. The molecule has 2 aromatic carbocycles. The van der Waals surface area contributed by atoms with Crippen molar-refractivity contribution in [2.45, 2.75) is 18.3 Å². The van der Waals surface area contributed by atoms with Crippen molar-refractivity contribution in [3.05, 3.63) is 77.4 Å². The lowest BCUT2D eigenvalue weighted by molar-refractivity contribution is -0.116. The maximum absolute atomic E-state index is 12.1. The Balaban J connectivity index is 1.54. The second-order valence-corrected chi connectivity index (χ2v) is 6.31. The van der Waals surface area contributed by atoms with Crippen LogP contribution in [-0.2, 0) is 14.9 Å². The average Bonchev–Trinajstić information content (AvgIpc) is 3.46. The molecule has 0 saturated heterocycles. The molecule has 4 nitrogen and oxygen atoms in total. The summed E-state index contributed by atoms with van der Waals surface area (Å²) in [6.45, 7) is 0.654. The lowest BCUT2D eigenvalue weighted by Gasteiger charge is -2.15. The zero-order chi connectivity index (χ0) is 17.7. The minimum Gasteiger partial charge on any atom is -0.465 e. The summed E-state index contributed by atoms with van der Waals surface area (Å²) in [6.07, 6.45) is 5.47. The lowest BCUT2D eigenvalue weighted by Crippen LogP contribution is -2.30. The van der Waals surface area contributed by atoms with Crippen molar-refractivity contribution in [3.8, 4) is 0 Å². The van der Waals surface area contributed by atoms with Gasteiger partial charge in [-0.05, 0) is 42.2 Å². The van der Waals surface area contributed by atoms with E-state index < -0.39 is 0 Å². The summed E-state index contributed by atoms with van der Waals surface area (Å²) in [5.74, 6) is -0.483. The highest BCUT2D eigenvalue weighted by atomic mass is 16.5. The van der Waals surface area contributed by atoms with Gasteiger partial charge in [0.15, 0.2) is 0 Å². The zero-order valence-electron chi connectivity index (χ0n) is 14.2. The van der Waals surface area contributed by atoms with E-state index in [2.05, 4.69) is 22.2 Å². The van der Waals surface area contributed by atoms with Gasteiger partial charge in [0.25, 0.3) is 0 Å². The Kier molecular flexibility index (Phi) is 4.98. The number of hydrogen-bond acceptors (Lipinski definition) is 3. The number of amides is 1. The van der Waals surface area contributed by atoms with Crippen molar-refractivity contribution >= 4 is 18.0 Å². The summed E-state index contributed by atoms with van der Waals surface area (Å²) in [4.78, 5) is 23.5. The predicted octanol–water partition coefficient (Wildman–Crippen LogP) is 3.33. The molecule has 1 aliphatic carbocycles. The Morgan fingerprint density at radius 1 is 1.08 bits per heavy atom. The SMILES string of the molecule is COC(=O)c1ccc(/C=C/C(=O)NCC2(c3ccccc3)CC2)cc1. The van der Waals surface area contributed by atoms with Gasteiger partial charge in [0.2, 0.25) is 5.91 Å². The van der Waals surface area contributed by atoms with Gasteiger partial charge in [-0.25, -0.2) is 4.79 Å². The van der Waals surface area contributed by atoms with Gasteiger partial charge in [-0.15, -0.1) is 0 Å². The van der Waals surface area contributed by atoms with Crippen molar-refractivity contribution in [2.75, 3.05) is 13.7 Å². The molecule has 0 heterocycles. The second-order valence-electron chi connectivity index (χ2n) is 6.31. The maximum atomic E-state index is 12.1. The summed E-state index contributed by atoms with van der Waals surface area (Å²) in [6, 6.07) is 17.2. The molecule has 1 fully saturated rings. The van der Waals surface area contributed by atoms with Crippen LogP contribution in [0, 0.1) is 0 Å². The van der Waals surface area contributed by atoms with Crippen LogP contribution < -0.4 is 5.32 Å². The van der Waals surface area contributed by atoms with Crippen LogP contribution in [-0.4, -0.2) is 25.5 Å². The highest BCUT2D eigenvalue weighted by Crippen LogP contribution is 2.47. The van der Waals surface area contributed by atoms with Gasteiger partial charge in [0.05, 0.1) is 12.7 Å². The van der Waals surface area contributed by atoms with Crippen LogP contribution >= 0.6 is 0 Å². The number of benzene rings is 2. The van der Waals surface area contributed by atoms with E-state index in [0.29, 0.717) is 12.1 Å². The van der Waals surface area contributed by atoms with Gasteiger partial charge < -0.3 is 10.1 Å². The highest BCUT2D eigenvalue weighted by molar-refractivity contribution is 5.92. The standard InChI is InChI=1S/C21H21NO3/c1-25-20(24)17-10-7-16(8-11-17)9-12-19(23)22-15-21(13-14-21)18-5-3-2-4-6-18/h2-12H,13-15H2,1H3,(H,22,23)/b12-9+. The number of carbonyl (C=O) groups excluding carboxylic acids is 2. The van der Waals surface area contributed by atoms with Crippen molar-refractivity contribution in [1.82, 2.24) is 5.32 Å². The Morgan fingerprint density at radius 2 is 1.76 bits per heavy atom.